The molecule has 1 unspecified atom stereocenters. The zero-order chi connectivity index (χ0) is 13.3. The molecule has 0 aromatic heterocycles. The van der Waals surface area contributed by atoms with Gasteiger partial charge in [-0.25, -0.2) is 0 Å². The summed E-state index contributed by atoms with van der Waals surface area (Å²) in [4.78, 5) is 4.16. The van der Waals surface area contributed by atoms with Crippen LogP contribution in [0.2, 0.25) is 0 Å². The monoisotopic (exact) mass is 242 g/mol. The second-order valence-corrected chi connectivity index (χ2v) is 5.74. The first-order valence-corrected chi connectivity index (χ1v) is 6.58. The molecule has 0 aliphatic heterocycles. The SMILES string of the molecule is CC(N)=NCCCCC(N)CCNC(C)(C)C. The van der Waals surface area contributed by atoms with E-state index in [-0.39, 0.29) is 5.54 Å². The minimum atomic E-state index is 0.188. The van der Waals surface area contributed by atoms with Crippen LogP contribution in [0.5, 0.6) is 0 Å². The van der Waals surface area contributed by atoms with Crippen LogP contribution in [0, 0.1) is 0 Å². The maximum absolute atomic E-state index is 6.04. The van der Waals surface area contributed by atoms with Gasteiger partial charge >= 0.3 is 0 Å². The predicted octanol–water partition coefficient (Wildman–Crippen LogP) is 1.64. The Morgan fingerprint density at radius 2 is 1.88 bits per heavy atom. The topological polar surface area (TPSA) is 76.4 Å². The Hall–Kier alpha value is -0.610. The van der Waals surface area contributed by atoms with E-state index in [4.69, 9.17) is 11.5 Å². The molecule has 0 saturated carbocycles. The largest absolute Gasteiger partial charge is 0.388 e. The standard InChI is InChI=1S/C13H30N4/c1-11(14)16-9-6-5-7-12(15)8-10-17-13(2,3)4/h12,17H,5-10,15H2,1-4H3,(H2,14,16). The summed E-state index contributed by atoms with van der Waals surface area (Å²) in [6.07, 6.45) is 4.32. The fraction of sp³-hybridized carbons (Fsp3) is 0.923. The van der Waals surface area contributed by atoms with Crippen LogP contribution in [0.25, 0.3) is 0 Å². The molecule has 1 atom stereocenters. The van der Waals surface area contributed by atoms with Gasteiger partial charge in [0.2, 0.25) is 0 Å². The van der Waals surface area contributed by atoms with Gasteiger partial charge in [-0.05, 0) is 53.5 Å². The van der Waals surface area contributed by atoms with Crippen molar-refractivity contribution < 1.29 is 0 Å². The second kappa shape index (κ2) is 8.48. The molecule has 0 aliphatic rings. The molecular weight excluding hydrogens is 212 g/mol. The third kappa shape index (κ3) is 13.3. The third-order valence-corrected chi connectivity index (χ3v) is 2.51. The van der Waals surface area contributed by atoms with Crippen molar-refractivity contribution in [1.82, 2.24) is 5.32 Å². The molecule has 4 nitrogen and oxygen atoms in total. The van der Waals surface area contributed by atoms with Crippen molar-refractivity contribution in [2.24, 2.45) is 16.5 Å². The molecule has 5 N–H and O–H groups in total. The molecule has 0 heterocycles. The maximum Gasteiger partial charge on any atom is 0.0905 e. The Morgan fingerprint density at radius 1 is 1.24 bits per heavy atom. The fourth-order valence-electron chi connectivity index (χ4n) is 1.55. The fourth-order valence-corrected chi connectivity index (χ4v) is 1.55. The zero-order valence-corrected chi connectivity index (χ0v) is 11.9. The summed E-state index contributed by atoms with van der Waals surface area (Å²) in [7, 11) is 0. The van der Waals surface area contributed by atoms with Crippen LogP contribution < -0.4 is 16.8 Å². The third-order valence-electron chi connectivity index (χ3n) is 2.51. The van der Waals surface area contributed by atoms with Gasteiger partial charge in [0.25, 0.3) is 0 Å². The smallest absolute Gasteiger partial charge is 0.0905 e. The Labute approximate surface area is 106 Å². The lowest BCUT2D eigenvalue weighted by Gasteiger charge is -2.21. The quantitative estimate of drug-likeness (QED) is 0.344. The first kappa shape index (κ1) is 16.4. The number of hydrogen-bond donors (Lipinski definition) is 3. The first-order chi connectivity index (χ1) is 7.81. The number of nitrogens with two attached hydrogens (primary N) is 2. The normalized spacial score (nSPS) is 15.0. The Kier molecular flexibility index (Phi) is 8.17. The molecule has 0 bridgehead atoms. The molecule has 0 saturated heterocycles. The number of rotatable bonds is 8. The van der Waals surface area contributed by atoms with Gasteiger partial charge < -0.3 is 16.8 Å². The first-order valence-electron chi connectivity index (χ1n) is 6.58. The summed E-state index contributed by atoms with van der Waals surface area (Å²) in [6.45, 7) is 10.2. The highest BCUT2D eigenvalue weighted by Crippen LogP contribution is 2.04. The summed E-state index contributed by atoms with van der Waals surface area (Å²) in [6, 6.07) is 0.299. The molecule has 0 aromatic carbocycles. The van der Waals surface area contributed by atoms with Gasteiger partial charge in [-0.15, -0.1) is 0 Å². The van der Waals surface area contributed by atoms with Crippen molar-refractivity contribution in [3.8, 4) is 0 Å². The van der Waals surface area contributed by atoms with Crippen LogP contribution in [-0.4, -0.2) is 30.5 Å². The van der Waals surface area contributed by atoms with Gasteiger partial charge in [0, 0.05) is 18.1 Å². The van der Waals surface area contributed by atoms with Crippen LogP contribution >= 0.6 is 0 Å². The summed E-state index contributed by atoms with van der Waals surface area (Å²) < 4.78 is 0. The minimum Gasteiger partial charge on any atom is -0.388 e. The maximum atomic E-state index is 6.04. The molecule has 0 aliphatic carbocycles. The molecule has 0 rings (SSSR count). The van der Waals surface area contributed by atoms with Crippen LogP contribution in [0.4, 0.5) is 0 Å². The highest BCUT2D eigenvalue weighted by molar-refractivity contribution is 5.77. The van der Waals surface area contributed by atoms with E-state index in [9.17, 15) is 0 Å². The summed E-state index contributed by atoms with van der Waals surface area (Å²) in [5.41, 5.74) is 11.7. The van der Waals surface area contributed by atoms with Crippen LogP contribution in [0.15, 0.2) is 4.99 Å². The Bertz CT molecular complexity index is 214. The Morgan fingerprint density at radius 3 is 2.41 bits per heavy atom. The van der Waals surface area contributed by atoms with Crippen molar-refractivity contribution in [3.63, 3.8) is 0 Å². The van der Waals surface area contributed by atoms with Crippen LogP contribution in [0.3, 0.4) is 0 Å². The van der Waals surface area contributed by atoms with Gasteiger partial charge in [-0.1, -0.05) is 6.42 Å². The number of amidine groups is 1. The van der Waals surface area contributed by atoms with E-state index in [1.807, 2.05) is 6.92 Å². The molecular formula is C13H30N4. The van der Waals surface area contributed by atoms with E-state index in [1.165, 1.54) is 0 Å². The van der Waals surface area contributed by atoms with Crippen LogP contribution in [0.1, 0.15) is 53.4 Å². The summed E-state index contributed by atoms with van der Waals surface area (Å²) in [5, 5.41) is 3.45. The lowest BCUT2D eigenvalue weighted by molar-refractivity contribution is 0.403. The van der Waals surface area contributed by atoms with Gasteiger partial charge in [0.15, 0.2) is 0 Å². The number of nitrogens with one attached hydrogen (secondary N) is 1. The molecule has 17 heavy (non-hydrogen) atoms. The molecule has 0 amide bonds. The minimum absolute atomic E-state index is 0.188. The van der Waals surface area contributed by atoms with E-state index in [2.05, 4.69) is 31.1 Å². The molecule has 0 fully saturated rings. The van der Waals surface area contributed by atoms with Crippen LogP contribution in [-0.2, 0) is 0 Å². The second-order valence-electron chi connectivity index (χ2n) is 5.74. The number of aliphatic imine (C=N–C) groups is 1. The van der Waals surface area contributed by atoms with Crippen molar-refractivity contribution in [1.29, 1.82) is 0 Å². The molecule has 0 spiro atoms. The summed E-state index contributed by atoms with van der Waals surface area (Å²) >= 11 is 0. The van der Waals surface area contributed by atoms with Gasteiger partial charge in [-0.2, -0.15) is 0 Å². The van der Waals surface area contributed by atoms with Crippen molar-refractivity contribution >= 4 is 5.84 Å². The van der Waals surface area contributed by atoms with Gasteiger partial charge in [-0.3, -0.25) is 4.99 Å². The van der Waals surface area contributed by atoms with E-state index in [1.54, 1.807) is 0 Å². The number of unbranched alkanes of at least 4 members (excludes halogenated alkanes) is 1. The van der Waals surface area contributed by atoms with Gasteiger partial charge in [0.05, 0.1) is 5.84 Å². The van der Waals surface area contributed by atoms with Crippen molar-refractivity contribution in [3.05, 3.63) is 0 Å². The molecule has 0 aromatic rings. The summed E-state index contributed by atoms with van der Waals surface area (Å²) in [5.74, 6) is 0.670. The molecule has 4 heteroatoms. The highest BCUT2D eigenvalue weighted by Gasteiger charge is 2.09. The average molecular weight is 242 g/mol. The lowest BCUT2D eigenvalue weighted by Crippen LogP contribution is -2.38. The van der Waals surface area contributed by atoms with E-state index < -0.39 is 0 Å². The van der Waals surface area contributed by atoms with Gasteiger partial charge in [0.1, 0.15) is 0 Å². The van der Waals surface area contributed by atoms with E-state index in [0.29, 0.717) is 11.9 Å². The highest BCUT2D eigenvalue weighted by atomic mass is 14.9. The van der Waals surface area contributed by atoms with E-state index in [0.717, 1.165) is 38.8 Å². The molecule has 102 valence electrons. The van der Waals surface area contributed by atoms with Crippen molar-refractivity contribution in [2.75, 3.05) is 13.1 Å². The predicted molar refractivity (Wildman–Crippen MR) is 76.4 cm³/mol. The Balaban J connectivity index is 3.41. The zero-order valence-electron chi connectivity index (χ0n) is 11.9. The number of nitrogens with zero attached hydrogens (tertiary/aromatic N) is 1. The average Bonchev–Trinajstić information content (AvgIpc) is 2.14. The number of hydrogen-bond acceptors (Lipinski definition) is 3. The molecule has 0 radical (unpaired) electrons. The van der Waals surface area contributed by atoms with Crippen molar-refractivity contribution in [2.45, 2.75) is 65.0 Å². The lowest BCUT2D eigenvalue weighted by atomic mass is 10.1. The van der Waals surface area contributed by atoms with E-state index >= 15 is 0 Å².